The number of pyridine rings is 1. The molecule has 91 heavy (non-hydrogen) atoms. The maximum Gasteiger partial charge on any atom is 0.307 e. The molecule has 2 atom stereocenters. The van der Waals surface area contributed by atoms with Gasteiger partial charge in [0.05, 0.1) is 159 Å². The van der Waals surface area contributed by atoms with Gasteiger partial charge in [0, 0.05) is 88.3 Å². The predicted molar refractivity (Wildman–Crippen MR) is 344 cm³/mol. The third-order valence-electron chi connectivity index (χ3n) is 14.9. The van der Waals surface area contributed by atoms with Crippen molar-refractivity contribution in [1.29, 1.82) is 0 Å². The molecule has 0 aliphatic carbocycles. The number of methoxy groups -OCH3 is 4. The van der Waals surface area contributed by atoms with E-state index in [4.69, 9.17) is 72.2 Å². The van der Waals surface area contributed by atoms with Gasteiger partial charge in [0.25, 0.3) is 11.8 Å². The number of hydrogen-bond acceptors (Lipinski definition) is 22. The minimum atomic E-state index is -0.896. The first kappa shape index (κ1) is 72.9. The number of benzene rings is 2. The number of aliphatic carboxylic acids is 1. The molecule has 0 bridgehead atoms. The third kappa shape index (κ3) is 23.5. The standard InChI is InChI=1S/C58H77N7O14S.C7H14O4/c1-9-39-23-43-31-59-48-29-52(50(71-7)27-46(48)56(69)64(43)33-39)78-35-41-25-45(26-42(61-41)36-79-53-30-49-47(28-51(53)72-8)57(70)65-34-40(10-2)24-44(65)32-60-49)77-16-12-62(5)38-58(3,4)80-37-54(66)63(6)13-15-74-18-20-76-22-21-75-19-17-73-14-11-55(67)68;1-9-5-6-11-4-3-7(8)10-2/h9-10,25-32,43-44H,11-24,33-38H2,1-8H3,(H,67,68);3-6H2,1-2H3/b39-9+,40-10+;/t43-,44?;/m0./s1. The summed E-state index contributed by atoms with van der Waals surface area (Å²) >= 11 is 1.59. The van der Waals surface area contributed by atoms with Crippen molar-refractivity contribution in [3.63, 3.8) is 0 Å². The van der Waals surface area contributed by atoms with E-state index in [9.17, 15) is 24.0 Å². The van der Waals surface area contributed by atoms with Gasteiger partial charge in [0.15, 0.2) is 23.0 Å². The Hall–Kier alpha value is -7.17. The molecule has 26 heteroatoms. The van der Waals surface area contributed by atoms with Crippen LogP contribution in [-0.2, 0) is 60.8 Å². The van der Waals surface area contributed by atoms with E-state index in [2.05, 4.69) is 35.6 Å². The fourth-order valence-electron chi connectivity index (χ4n) is 9.89. The first-order valence-corrected chi connectivity index (χ1v) is 31.4. The highest BCUT2D eigenvalue weighted by molar-refractivity contribution is 8.01. The number of ether oxygens (including phenoxy) is 12. The zero-order valence-corrected chi connectivity index (χ0v) is 55.1. The Morgan fingerprint density at radius 1 is 0.626 bits per heavy atom. The zero-order valence-electron chi connectivity index (χ0n) is 54.3. The summed E-state index contributed by atoms with van der Waals surface area (Å²) in [6.07, 6.45) is 9.51. The van der Waals surface area contributed by atoms with Crippen LogP contribution in [0.1, 0.15) is 85.5 Å². The number of hydrogen-bond donors (Lipinski definition) is 1. The van der Waals surface area contributed by atoms with Gasteiger partial charge in [-0.1, -0.05) is 23.3 Å². The monoisotopic (exact) mass is 1290 g/mol. The number of rotatable bonds is 38. The molecule has 2 saturated heterocycles. The molecule has 3 amide bonds. The Morgan fingerprint density at radius 3 is 1.58 bits per heavy atom. The van der Waals surface area contributed by atoms with E-state index < -0.39 is 5.97 Å². The zero-order chi connectivity index (χ0) is 65.7. The second-order valence-electron chi connectivity index (χ2n) is 22.2. The van der Waals surface area contributed by atoms with Crippen LogP contribution in [0.2, 0.25) is 0 Å². The lowest BCUT2D eigenvalue weighted by molar-refractivity contribution is -0.142. The number of esters is 1. The first-order chi connectivity index (χ1) is 43.9. The molecular formula is C65H91N7O18S. The number of carboxylic acids is 1. The molecule has 4 aliphatic heterocycles. The Balaban J connectivity index is 0.00000109. The van der Waals surface area contributed by atoms with Crippen LogP contribution < -0.4 is 23.7 Å². The van der Waals surface area contributed by atoms with Gasteiger partial charge < -0.3 is 81.5 Å². The van der Waals surface area contributed by atoms with Crippen LogP contribution >= 0.6 is 11.8 Å². The lowest BCUT2D eigenvalue weighted by Crippen LogP contribution is -2.38. The summed E-state index contributed by atoms with van der Waals surface area (Å²) in [6.45, 7) is 15.7. The minimum absolute atomic E-state index is 0.00993. The van der Waals surface area contributed by atoms with Crippen LogP contribution in [0.25, 0.3) is 0 Å². The average molecular weight is 1290 g/mol. The normalized spacial score (nSPS) is 16.6. The summed E-state index contributed by atoms with van der Waals surface area (Å²) in [5, 5.41) is 8.63. The minimum Gasteiger partial charge on any atom is -0.493 e. The van der Waals surface area contributed by atoms with Crippen LogP contribution in [0.4, 0.5) is 11.4 Å². The second kappa shape index (κ2) is 38.0. The molecule has 7 rings (SSSR count). The smallest absolute Gasteiger partial charge is 0.307 e. The number of fused-ring (bicyclic) bond motifs is 4. The number of likely N-dealkylation sites (N-methyl/N-ethyl adjacent to an activating group) is 2. The number of amides is 3. The van der Waals surface area contributed by atoms with E-state index in [1.165, 1.54) is 32.5 Å². The topological polar surface area (TPSA) is 267 Å². The summed E-state index contributed by atoms with van der Waals surface area (Å²) in [6, 6.07) is 10.2. The Morgan fingerprint density at radius 2 is 1.11 bits per heavy atom. The van der Waals surface area contributed by atoms with Gasteiger partial charge in [0.1, 0.15) is 25.6 Å². The van der Waals surface area contributed by atoms with E-state index in [1.807, 2.05) is 55.3 Å². The summed E-state index contributed by atoms with van der Waals surface area (Å²) in [7, 11) is 9.81. The highest BCUT2D eigenvalue weighted by atomic mass is 32.2. The van der Waals surface area contributed by atoms with Crippen molar-refractivity contribution in [2.45, 2.75) is 83.4 Å². The van der Waals surface area contributed by atoms with Crippen molar-refractivity contribution in [3.8, 4) is 28.7 Å². The molecule has 1 N–H and O–H groups in total. The number of carboxylic acid groups (broad SMARTS) is 1. The number of carbonyl (C=O) groups is 5. The van der Waals surface area contributed by atoms with E-state index in [0.29, 0.717) is 180 Å². The molecule has 2 fully saturated rings. The molecule has 2 aromatic carbocycles. The Bertz CT molecular complexity index is 2880. The second-order valence-corrected chi connectivity index (χ2v) is 23.9. The van der Waals surface area contributed by atoms with E-state index in [1.54, 1.807) is 55.1 Å². The summed E-state index contributed by atoms with van der Waals surface area (Å²) in [5.41, 5.74) is 5.32. The lowest BCUT2D eigenvalue weighted by Gasteiger charge is -2.30. The molecule has 0 radical (unpaired) electrons. The van der Waals surface area contributed by atoms with Crippen molar-refractivity contribution < 1.29 is 85.9 Å². The van der Waals surface area contributed by atoms with E-state index in [0.717, 1.165) is 12.8 Å². The molecule has 4 aliphatic rings. The van der Waals surface area contributed by atoms with E-state index in [-0.39, 0.29) is 66.8 Å². The average Bonchev–Trinajstić information content (AvgIpc) is 1.81. The molecule has 5 heterocycles. The fraction of sp³-hybridized carbons (Fsp3) is 0.569. The third-order valence-corrected chi connectivity index (χ3v) is 16.2. The van der Waals surface area contributed by atoms with Crippen LogP contribution in [0.3, 0.4) is 0 Å². The highest BCUT2D eigenvalue weighted by Crippen LogP contribution is 2.41. The lowest BCUT2D eigenvalue weighted by atomic mass is 10.1. The first-order valence-electron chi connectivity index (χ1n) is 30.4. The summed E-state index contributed by atoms with van der Waals surface area (Å²) in [4.78, 5) is 83.6. The van der Waals surface area contributed by atoms with Crippen LogP contribution in [0, 0.1) is 0 Å². The highest BCUT2D eigenvalue weighted by Gasteiger charge is 2.36. The Kier molecular flexibility index (Phi) is 30.4. The number of nitrogens with zero attached hydrogens (tertiary/aromatic N) is 7. The van der Waals surface area contributed by atoms with Crippen molar-refractivity contribution in [2.75, 3.05) is 160 Å². The molecule has 25 nitrogen and oxygen atoms in total. The van der Waals surface area contributed by atoms with Gasteiger partial charge in [-0.25, -0.2) is 0 Å². The van der Waals surface area contributed by atoms with Gasteiger partial charge in [0.2, 0.25) is 5.91 Å². The molecule has 1 unspecified atom stereocenters. The van der Waals surface area contributed by atoms with Crippen molar-refractivity contribution >= 4 is 65.2 Å². The summed E-state index contributed by atoms with van der Waals surface area (Å²) in [5.74, 6) is 1.04. The fourth-order valence-corrected chi connectivity index (χ4v) is 10.9. The molecule has 1 aromatic heterocycles. The summed E-state index contributed by atoms with van der Waals surface area (Å²) < 4.78 is 66.4. The number of carbonyl (C=O) groups excluding carboxylic acids is 4. The van der Waals surface area contributed by atoms with E-state index >= 15 is 0 Å². The van der Waals surface area contributed by atoms with Gasteiger partial charge >= 0.3 is 11.9 Å². The van der Waals surface area contributed by atoms with Crippen LogP contribution in [-0.4, -0.2) is 249 Å². The van der Waals surface area contributed by atoms with Gasteiger partial charge in [-0.3, -0.25) is 38.9 Å². The SMILES string of the molecule is C/C=C1\CC2C=Nc3cc(OCc4cc(OCCN(C)CC(C)(C)SCC(=O)N(C)CCOCCOCCOCCOCCC(=O)O)cc(COc5cc6c(cc5OC)C(=O)N5C/C(=C/C)C[C@H]5C=N6)n4)c(OC)cc3C(=O)N2C1.COCCOCCC(=O)OC. The Labute approximate surface area is 538 Å². The van der Waals surface area contributed by atoms with Crippen molar-refractivity contribution in [1.82, 2.24) is 24.6 Å². The van der Waals surface area contributed by atoms with Gasteiger partial charge in [-0.05, 0) is 59.7 Å². The van der Waals surface area contributed by atoms with Crippen LogP contribution in [0.5, 0.6) is 28.7 Å². The molecule has 0 saturated carbocycles. The van der Waals surface area contributed by atoms with Gasteiger partial charge in [-0.2, -0.15) is 0 Å². The number of thioether (sulfide) groups is 1. The van der Waals surface area contributed by atoms with Crippen LogP contribution in [0.15, 0.2) is 69.7 Å². The largest absolute Gasteiger partial charge is 0.493 e. The molecule has 500 valence electrons. The number of aliphatic imine (C=N–C) groups is 2. The number of aromatic nitrogens is 1. The van der Waals surface area contributed by atoms with Gasteiger partial charge in [-0.15, -0.1) is 11.8 Å². The number of allylic oxidation sites excluding steroid dienone is 2. The molecule has 0 spiro atoms. The quantitative estimate of drug-likeness (QED) is 0.0342. The maximum absolute atomic E-state index is 13.8. The van der Waals surface area contributed by atoms with Crippen molar-refractivity contribution in [2.24, 2.45) is 9.98 Å². The maximum atomic E-state index is 13.8. The molecular weight excluding hydrogens is 1200 g/mol. The predicted octanol–water partition coefficient (Wildman–Crippen LogP) is 7.04. The molecule has 3 aromatic rings. The van der Waals surface area contributed by atoms with Crippen molar-refractivity contribution in [3.05, 3.63) is 82.2 Å².